The van der Waals surface area contributed by atoms with Gasteiger partial charge in [0, 0.05) is 28.5 Å². The second-order valence-corrected chi connectivity index (χ2v) is 7.25. The number of anilines is 1. The van der Waals surface area contributed by atoms with Crippen LogP contribution in [0.1, 0.15) is 38.1 Å². The zero-order valence-electron chi connectivity index (χ0n) is 15.3. The summed E-state index contributed by atoms with van der Waals surface area (Å²) in [5.41, 5.74) is 8.02. The summed E-state index contributed by atoms with van der Waals surface area (Å²) >= 11 is 1.51. The highest BCUT2D eigenvalue weighted by molar-refractivity contribution is 7.99. The molecule has 0 fully saturated rings. The molecule has 0 atom stereocenters. The summed E-state index contributed by atoms with van der Waals surface area (Å²) in [7, 11) is 0. The van der Waals surface area contributed by atoms with Crippen LogP contribution in [-0.2, 0) is 4.79 Å². The molecule has 0 bridgehead atoms. The van der Waals surface area contributed by atoms with Crippen molar-refractivity contribution in [3.63, 3.8) is 0 Å². The quantitative estimate of drug-likeness (QED) is 0.733. The van der Waals surface area contributed by atoms with Crippen molar-refractivity contribution in [3.8, 4) is 0 Å². The normalized spacial score (nSPS) is 11.4. The first-order chi connectivity index (χ1) is 11.9. The molecule has 25 heavy (non-hydrogen) atoms. The molecule has 1 amide bonds. The maximum absolute atomic E-state index is 12.6. The Labute approximate surface area is 153 Å². The Bertz CT molecular complexity index is 698. The maximum Gasteiger partial charge on any atom is 0.231 e. The van der Waals surface area contributed by atoms with Crippen LogP contribution >= 0.6 is 11.8 Å². The zero-order chi connectivity index (χ0) is 18.4. The number of rotatable bonds is 7. The lowest BCUT2D eigenvalue weighted by Gasteiger charge is -2.28. The third kappa shape index (κ3) is 4.80. The highest BCUT2D eigenvalue weighted by Gasteiger charge is 2.33. The molecule has 134 valence electrons. The topological polar surface area (TPSA) is 80.9 Å². The predicted octanol–water partition coefficient (Wildman–Crippen LogP) is 3.95. The van der Waals surface area contributed by atoms with Gasteiger partial charge in [-0.2, -0.15) is 0 Å². The molecular formula is C19H26N4OS. The van der Waals surface area contributed by atoms with Crippen LogP contribution in [0.4, 0.5) is 5.69 Å². The molecule has 0 saturated heterocycles. The monoisotopic (exact) mass is 358 g/mol. The van der Waals surface area contributed by atoms with Gasteiger partial charge in [-0.1, -0.05) is 13.8 Å². The van der Waals surface area contributed by atoms with Crippen LogP contribution in [-0.4, -0.2) is 22.4 Å². The Morgan fingerprint density at radius 3 is 2.16 bits per heavy atom. The Balaban J connectivity index is 2.08. The molecule has 3 N–H and O–H groups in total. The number of carbonyl (C=O) groups excluding carboxylic acids is 1. The van der Waals surface area contributed by atoms with E-state index in [4.69, 9.17) is 5.73 Å². The minimum atomic E-state index is -0.500. The lowest BCUT2D eigenvalue weighted by atomic mass is 9.81. The highest BCUT2D eigenvalue weighted by Crippen LogP contribution is 2.29. The van der Waals surface area contributed by atoms with E-state index >= 15 is 0 Å². The third-order valence-corrected chi connectivity index (χ3v) is 5.38. The minimum absolute atomic E-state index is 0.0157. The highest BCUT2D eigenvalue weighted by atomic mass is 32.2. The van der Waals surface area contributed by atoms with E-state index in [0.29, 0.717) is 6.54 Å². The third-order valence-electron chi connectivity index (χ3n) is 4.51. The van der Waals surface area contributed by atoms with Gasteiger partial charge in [-0.3, -0.25) is 4.79 Å². The van der Waals surface area contributed by atoms with E-state index < -0.39 is 5.41 Å². The van der Waals surface area contributed by atoms with E-state index in [1.54, 1.807) is 0 Å². The number of carbonyl (C=O) groups is 1. The van der Waals surface area contributed by atoms with Gasteiger partial charge >= 0.3 is 0 Å². The Morgan fingerprint density at radius 2 is 1.68 bits per heavy atom. The lowest BCUT2D eigenvalue weighted by molar-refractivity contribution is -0.125. The summed E-state index contributed by atoms with van der Waals surface area (Å²) in [5, 5.41) is 3.72. The minimum Gasteiger partial charge on any atom is -0.329 e. The Hall–Kier alpha value is -1.92. The molecule has 0 aliphatic heterocycles. The summed E-state index contributed by atoms with van der Waals surface area (Å²) in [5.74, 6) is -0.0157. The summed E-state index contributed by atoms with van der Waals surface area (Å²) in [4.78, 5) is 22.5. The SMILES string of the molecule is CCC(CC)(CN)C(=O)Nc1ccc(Sc2nc(C)cc(C)n2)cc1. The van der Waals surface area contributed by atoms with Crippen molar-refractivity contribution in [3.05, 3.63) is 41.7 Å². The summed E-state index contributed by atoms with van der Waals surface area (Å²) in [6.07, 6.45) is 1.45. The summed E-state index contributed by atoms with van der Waals surface area (Å²) in [6, 6.07) is 9.67. The number of nitrogens with zero attached hydrogens (tertiary/aromatic N) is 2. The maximum atomic E-state index is 12.6. The van der Waals surface area contributed by atoms with Crippen molar-refractivity contribution in [2.24, 2.45) is 11.1 Å². The molecule has 0 spiro atoms. The van der Waals surface area contributed by atoms with E-state index in [2.05, 4.69) is 15.3 Å². The first kappa shape index (κ1) is 19.4. The number of nitrogens with one attached hydrogen (secondary N) is 1. The van der Waals surface area contributed by atoms with Gasteiger partial charge in [-0.25, -0.2) is 9.97 Å². The van der Waals surface area contributed by atoms with Crippen LogP contribution in [0, 0.1) is 19.3 Å². The van der Waals surface area contributed by atoms with Crippen molar-refractivity contribution >= 4 is 23.4 Å². The second-order valence-electron chi connectivity index (χ2n) is 6.21. The van der Waals surface area contributed by atoms with Gasteiger partial charge < -0.3 is 11.1 Å². The van der Waals surface area contributed by atoms with Gasteiger partial charge in [0.25, 0.3) is 0 Å². The van der Waals surface area contributed by atoms with Crippen molar-refractivity contribution in [2.45, 2.75) is 50.6 Å². The lowest BCUT2D eigenvalue weighted by Crippen LogP contribution is -2.41. The number of hydrogen-bond acceptors (Lipinski definition) is 5. The molecule has 0 unspecified atom stereocenters. The predicted molar refractivity (Wildman–Crippen MR) is 103 cm³/mol. The van der Waals surface area contributed by atoms with Gasteiger partial charge in [0.05, 0.1) is 5.41 Å². The van der Waals surface area contributed by atoms with Crippen molar-refractivity contribution < 1.29 is 4.79 Å². The van der Waals surface area contributed by atoms with Gasteiger partial charge in [0.2, 0.25) is 5.91 Å². The molecule has 2 rings (SSSR count). The fourth-order valence-electron chi connectivity index (χ4n) is 2.67. The Morgan fingerprint density at radius 1 is 1.12 bits per heavy atom. The van der Waals surface area contributed by atoms with Crippen LogP contribution in [0.3, 0.4) is 0 Å². The standard InChI is InChI=1S/C19H26N4OS/c1-5-19(6-2,12-20)17(24)23-15-7-9-16(10-8-15)25-18-21-13(3)11-14(4)22-18/h7-11H,5-6,12,20H2,1-4H3,(H,23,24). The molecule has 1 heterocycles. The number of amides is 1. The molecule has 0 radical (unpaired) electrons. The Kier molecular flexibility index (Phi) is 6.56. The number of aromatic nitrogens is 2. The molecule has 1 aromatic carbocycles. The summed E-state index contributed by atoms with van der Waals surface area (Å²) in [6.45, 7) is 8.27. The average Bonchev–Trinajstić information content (AvgIpc) is 2.58. The number of benzene rings is 1. The van der Waals surface area contributed by atoms with Gasteiger partial charge in [-0.15, -0.1) is 0 Å². The molecule has 2 aromatic rings. The molecule has 1 aromatic heterocycles. The number of aryl methyl sites for hydroxylation is 2. The van der Waals surface area contributed by atoms with Crippen molar-refractivity contribution in [1.82, 2.24) is 9.97 Å². The van der Waals surface area contributed by atoms with Crippen LogP contribution in [0.5, 0.6) is 0 Å². The zero-order valence-corrected chi connectivity index (χ0v) is 16.1. The van der Waals surface area contributed by atoms with Crippen molar-refractivity contribution in [2.75, 3.05) is 11.9 Å². The van der Waals surface area contributed by atoms with E-state index in [9.17, 15) is 4.79 Å². The molecule has 6 heteroatoms. The fraction of sp³-hybridized carbons (Fsp3) is 0.421. The molecule has 0 aliphatic carbocycles. The van der Waals surface area contributed by atoms with Crippen LogP contribution in [0.2, 0.25) is 0 Å². The molecule has 0 saturated carbocycles. The van der Waals surface area contributed by atoms with Gasteiger partial charge in [0.15, 0.2) is 5.16 Å². The first-order valence-corrected chi connectivity index (χ1v) is 9.36. The number of hydrogen-bond donors (Lipinski definition) is 2. The van der Waals surface area contributed by atoms with Crippen molar-refractivity contribution in [1.29, 1.82) is 0 Å². The average molecular weight is 359 g/mol. The second kappa shape index (κ2) is 8.45. The molecular weight excluding hydrogens is 332 g/mol. The van der Waals surface area contributed by atoms with E-state index in [-0.39, 0.29) is 5.91 Å². The molecule has 0 aliphatic rings. The van der Waals surface area contributed by atoms with Crippen LogP contribution in [0.25, 0.3) is 0 Å². The van der Waals surface area contributed by atoms with Gasteiger partial charge in [-0.05, 0) is 68.8 Å². The smallest absolute Gasteiger partial charge is 0.231 e. The molecule has 5 nitrogen and oxygen atoms in total. The number of nitrogens with two attached hydrogens (primary N) is 1. The first-order valence-electron chi connectivity index (χ1n) is 8.54. The van der Waals surface area contributed by atoms with Gasteiger partial charge in [0.1, 0.15) is 0 Å². The van der Waals surface area contributed by atoms with E-state index in [1.165, 1.54) is 11.8 Å². The van der Waals surface area contributed by atoms with Crippen LogP contribution in [0.15, 0.2) is 40.4 Å². The van der Waals surface area contributed by atoms with E-state index in [0.717, 1.165) is 40.0 Å². The summed E-state index contributed by atoms with van der Waals surface area (Å²) < 4.78 is 0. The largest absolute Gasteiger partial charge is 0.329 e. The van der Waals surface area contributed by atoms with Crippen LogP contribution < -0.4 is 11.1 Å². The fourth-order valence-corrected chi connectivity index (χ4v) is 3.53. The van der Waals surface area contributed by atoms with E-state index in [1.807, 2.05) is 58.0 Å².